The van der Waals surface area contributed by atoms with Crippen molar-refractivity contribution in [2.75, 3.05) is 4.90 Å². The molecular weight excluding hydrogens is 943 g/mol. The number of rotatable bonds is 9. The number of benzene rings is 12. The van der Waals surface area contributed by atoms with Crippen molar-refractivity contribution < 1.29 is 0 Å². The van der Waals surface area contributed by atoms with Crippen molar-refractivity contribution in [3.63, 3.8) is 0 Å². The van der Waals surface area contributed by atoms with E-state index in [9.17, 15) is 0 Å². The van der Waals surface area contributed by atoms with Crippen LogP contribution in [0.15, 0.2) is 285 Å². The van der Waals surface area contributed by atoms with E-state index in [2.05, 4.69) is 313 Å². The third-order valence-electron chi connectivity index (χ3n) is 16.5. The maximum absolute atomic E-state index is 2.47. The average molecular weight is 996 g/mol. The molecule has 2 heterocycles. The fraction of sp³-hybridized carbons (Fsp3) is 0.0400. The molecule has 78 heavy (non-hydrogen) atoms. The number of anilines is 3. The van der Waals surface area contributed by atoms with Crippen molar-refractivity contribution in [3.8, 4) is 67.0 Å². The van der Waals surface area contributed by atoms with Gasteiger partial charge in [0.2, 0.25) is 0 Å². The second-order valence-electron chi connectivity index (χ2n) is 21.3. The molecule has 0 unspecified atom stereocenters. The Morgan fingerprint density at radius 1 is 0.295 bits per heavy atom. The first-order valence-electron chi connectivity index (χ1n) is 27.1. The molecule has 14 aromatic rings. The second kappa shape index (κ2) is 18.1. The molecule has 1 aliphatic carbocycles. The summed E-state index contributed by atoms with van der Waals surface area (Å²) in [6.45, 7) is 4.76. The topological polar surface area (TPSA) is 13.1 Å². The van der Waals surface area contributed by atoms with Crippen LogP contribution in [0.4, 0.5) is 17.1 Å². The van der Waals surface area contributed by atoms with Gasteiger partial charge >= 0.3 is 0 Å². The normalized spacial score (nSPS) is 12.6. The summed E-state index contributed by atoms with van der Waals surface area (Å²) in [5, 5.41) is 4.99. The summed E-state index contributed by atoms with van der Waals surface area (Å²) in [5.74, 6) is 0. The Labute approximate surface area is 454 Å². The minimum absolute atomic E-state index is 0.213. The Kier molecular flexibility index (Phi) is 10.6. The molecule has 2 aromatic heterocycles. The highest BCUT2D eigenvalue weighted by atomic mass is 15.1. The van der Waals surface area contributed by atoms with Crippen LogP contribution in [-0.2, 0) is 5.41 Å². The number of hydrogen-bond acceptors (Lipinski definition) is 1. The summed E-state index contributed by atoms with van der Waals surface area (Å²) >= 11 is 0. The van der Waals surface area contributed by atoms with Gasteiger partial charge in [-0.15, -0.1) is 0 Å². The zero-order valence-electron chi connectivity index (χ0n) is 43.5. The molecule has 3 nitrogen and oxygen atoms in total. The number of para-hydroxylation sites is 2. The van der Waals surface area contributed by atoms with E-state index >= 15 is 0 Å². The molecule has 0 radical (unpaired) electrons. The molecule has 3 heteroatoms. The molecular formula is C75H53N3. The third-order valence-corrected chi connectivity index (χ3v) is 16.5. The highest BCUT2D eigenvalue weighted by Gasteiger charge is 2.38. The lowest BCUT2D eigenvalue weighted by molar-refractivity contribution is 0.661. The SMILES string of the molecule is CC1(C)c2ccccc2-c2cccc(N(c3ccc(-c4ccc(-n5c6ccc(-c7ccccc7)cc6c6cc(-c7ccccc7)ccc65)cc4)cc3)c3ccc(-c4cccc5c4c4ccccc4n5-c4ccccc4)cc3)c21. The maximum atomic E-state index is 2.47. The van der Waals surface area contributed by atoms with Gasteiger partial charge in [0, 0.05) is 49.7 Å². The molecule has 0 N–H and O–H groups in total. The molecule has 0 spiro atoms. The lowest BCUT2D eigenvalue weighted by Gasteiger charge is -2.32. The van der Waals surface area contributed by atoms with E-state index in [1.165, 1.54) is 110 Å². The Morgan fingerprint density at radius 3 is 1.37 bits per heavy atom. The fourth-order valence-corrected chi connectivity index (χ4v) is 12.9. The Bertz CT molecular complexity index is 4490. The molecule has 0 fully saturated rings. The van der Waals surface area contributed by atoms with Gasteiger partial charge in [-0.05, 0) is 158 Å². The van der Waals surface area contributed by atoms with Gasteiger partial charge in [0.25, 0.3) is 0 Å². The number of nitrogens with zero attached hydrogens (tertiary/aromatic N) is 3. The standard InChI is InChI=1S/C75H53N3/c1-75(2)67-28-14-12-24-62(67)63-27-17-31-72(74(63)75)76(59-44-36-54(37-45-59)61-26-16-30-71-73(61)64-25-13-15-29-68(64)78(71)57-22-10-5-11-23-57)58-40-32-52(33-41-58)53-34-42-60(43-35-53)77-69-46-38-55(50-18-6-3-7-19-50)48-65(69)66-49-56(39-47-70(66)77)51-20-8-4-9-21-51/h3-49H,1-2H3. The first kappa shape index (κ1) is 45.4. The maximum Gasteiger partial charge on any atom is 0.0547 e. The second-order valence-corrected chi connectivity index (χ2v) is 21.3. The Morgan fingerprint density at radius 2 is 0.731 bits per heavy atom. The van der Waals surface area contributed by atoms with Gasteiger partial charge in [0.1, 0.15) is 0 Å². The van der Waals surface area contributed by atoms with Gasteiger partial charge in [-0.3, -0.25) is 0 Å². The minimum Gasteiger partial charge on any atom is -0.310 e. The zero-order chi connectivity index (χ0) is 51.9. The lowest BCUT2D eigenvalue weighted by Crippen LogP contribution is -2.20. The molecule has 1 aliphatic rings. The summed E-state index contributed by atoms with van der Waals surface area (Å²) in [6, 6.07) is 105. The van der Waals surface area contributed by atoms with Crippen LogP contribution in [-0.4, -0.2) is 9.13 Å². The van der Waals surface area contributed by atoms with Crippen molar-refractivity contribution >= 4 is 60.7 Å². The molecule has 0 saturated heterocycles. The van der Waals surface area contributed by atoms with E-state index < -0.39 is 0 Å². The molecule has 0 bridgehead atoms. The van der Waals surface area contributed by atoms with Gasteiger partial charge in [-0.25, -0.2) is 0 Å². The number of hydrogen-bond donors (Lipinski definition) is 0. The van der Waals surface area contributed by atoms with Crippen LogP contribution >= 0.6 is 0 Å². The monoisotopic (exact) mass is 995 g/mol. The fourth-order valence-electron chi connectivity index (χ4n) is 12.9. The van der Waals surface area contributed by atoms with E-state index in [0.29, 0.717) is 0 Å². The highest BCUT2D eigenvalue weighted by molar-refractivity contribution is 6.16. The average Bonchev–Trinajstić information content (AvgIpc) is 4.28. The van der Waals surface area contributed by atoms with E-state index in [1.54, 1.807) is 0 Å². The molecule has 0 amide bonds. The molecule has 0 atom stereocenters. The minimum atomic E-state index is -0.213. The van der Waals surface area contributed by atoms with Gasteiger partial charge in [-0.2, -0.15) is 0 Å². The summed E-state index contributed by atoms with van der Waals surface area (Å²) in [6.07, 6.45) is 0. The Balaban J connectivity index is 0.817. The van der Waals surface area contributed by atoms with E-state index in [0.717, 1.165) is 28.3 Å². The van der Waals surface area contributed by atoms with E-state index in [-0.39, 0.29) is 5.41 Å². The summed E-state index contributed by atoms with van der Waals surface area (Å²) < 4.78 is 4.82. The summed E-state index contributed by atoms with van der Waals surface area (Å²) in [7, 11) is 0. The molecule has 15 rings (SSSR count). The molecule has 368 valence electrons. The van der Waals surface area contributed by atoms with Crippen molar-refractivity contribution in [1.29, 1.82) is 0 Å². The lowest BCUT2D eigenvalue weighted by atomic mass is 9.81. The van der Waals surface area contributed by atoms with Crippen LogP contribution in [0, 0.1) is 0 Å². The van der Waals surface area contributed by atoms with Gasteiger partial charge in [0.05, 0.1) is 27.8 Å². The van der Waals surface area contributed by atoms with Crippen molar-refractivity contribution in [2.45, 2.75) is 19.3 Å². The summed E-state index contributed by atoms with van der Waals surface area (Å²) in [4.78, 5) is 2.47. The van der Waals surface area contributed by atoms with E-state index in [4.69, 9.17) is 0 Å². The van der Waals surface area contributed by atoms with Crippen LogP contribution in [0.5, 0.6) is 0 Å². The van der Waals surface area contributed by atoms with Gasteiger partial charge in [-0.1, -0.05) is 208 Å². The van der Waals surface area contributed by atoms with Crippen LogP contribution in [0.3, 0.4) is 0 Å². The first-order chi connectivity index (χ1) is 38.5. The number of aromatic nitrogens is 2. The largest absolute Gasteiger partial charge is 0.310 e. The van der Waals surface area contributed by atoms with Gasteiger partial charge < -0.3 is 14.0 Å². The van der Waals surface area contributed by atoms with E-state index in [1.807, 2.05) is 0 Å². The van der Waals surface area contributed by atoms with Crippen molar-refractivity contribution in [2.24, 2.45) is 0 Å². The molecule has 0 saturated carbocycles. The molecule has 12 aromatic carbocycles. The van der Waals surface area contributed by atoms with Crippen LogP contribution < -0.4 is 4.90 Å². The number of fused-ring (bicyclic) bond motifs is 9. The molecule has 0 aliphatic heterocycles. The van der Waals surface area contributed by atoms with Crippen LogP contribution in [0.25, 0.3) is 111 Å². The van der Waals surface area contributed by atoms with Crippen molar-refractivity contribution in [1.82, 2.24) is 9.13 Å². The predicted octanol–water partition coefficient (Wildman–Crippen LogP) is 20.3. The highest BCUT2D eigenvalue weighted by Crippen LogP contribution is 2.54. The van der Waals surface area contributed by atoms with Crippen molar-refractivity contribution in [3.05, 3.63) is 296 Å². The van der Waals surface area contributed by atoms with Crippen LogP contribution in [0.2, 0.25) is 0 Å². The summed E-state index contributed by atoms with van der Waals surface area (Å²) in [5.41, 5.74) is 25.1. The van der Waals surface area contributed by atoms with Crippen LogP contribution in [0.1, 0.15) is 25.0 Å². The smallest absolute Gasteiger partial charge is 0.0547 e. The quantitative estimate of drug-likeness (QED) is 0.140. The predicted molar refractivity (Wildman–Crippen MR) is 329 cm³/mol. The van der Waals surface area contributed by atoms with Gasteiger partial charge in [0.15, 0.2) is 0 Å². The third kappa shape index (κ3) is 7.27. The Hall–Kier alpha value is -9.96. The zero-order valence-corrected chi connectivity index (χ0v) is 43.5. The first-order valence-corrected chi connectivity index (χ1v) is 27.1.